The highest BCUT2D eigenvalue weighted by atomic mass is 15.3. The maximum Gasteiger partial charge on any atom is 0.0916 e. The normalized spacial score (nSPS) is 21.9. The van der Waals surface area contributed by atoms with Crippen LogP contribution in [0, 0.1) is 6.67 Å². The van der Waals surface area contributed by atoms with Crippen LogP contribution in [0.5, 0.6) is 0 Å². The summed E-state index contributed by atoms with van der Waals surface area (Å²) in [5.41, 5.74) is 0. The molecule has 0 aromatic carbocycles. The van der Waals surface area contributed by atoms with E-state index in [1.54, 1.807) is 0 Å². The van der Waals surface area contributed by atoms with Crippen molar-refractivity contribution in [3.63, 3.8) is 0 Å². The highest BCUT2D eigenvalue weighted by Crippen LogP contribution is 2.09. The predicted molar refractivity (Wildman–Crippen MR) is 43.4 cm³/mol. The van der Waals surface area contributed by atoms with Crippen LogP contribution in [-0.2, 0) is 0 Å². The summed E-state index contributed by atoms with van der Waals surface area (Å²) in [6.07, 6.45) is 4.15. The van der Waals surface area contributed by atoms with Crippen molar-refractivity contribution in [3.8, 4) is 0 Å². The first kappa shape index (κ1) is 8.02. The number of likely N-dealkylation sites (tertiary alicyclic amines) is 1. The third-order valence-corrected chi connectivity index (χ3v) is 1.78. The highest BCUT2D eigenvalue weighted by Gasteiger charge is 2.09. The number of piperidine rings is 1. The molecule has 0 spiro atoms. The Morgan fingerprint density at radius 1 is 1.10 bits per heavy atom. The Morgan fingerprint density at radius 2 is 1.70 bits per heavy atom. The highest BCUT2D eigenvalue weighted by molar-refractivity contribution is 4.70. The number of hydrogen-bond acceptors (Lipinski definition) is 2. The third-order valence-electron chi connectivity index (χ3n) is 1.78. The number of nitrogens with zero attached hydrogens (tertiary/aromatic N) is 2. The Balaban J connectivity index is 2.13. The molecule has 0 aliphatic carbocycles. The largest absolute Gasteiger partial charge is 0.292 e. The monoisotopic (exact) mass is 141 g/mol. The van der Waals surface area contributed by atoms with E-state index in [0.717, 1.165) is 0 Å². The minimum Gasteiger partial charge on any atom is -0.292 e. The first-order valence-electron chi connectivity index (χ1n) is 4.04. The van der Waals surface area contributed by atoms with Gasteiger partial charge in [-0.05, 0) is 40.0 Å². The molecule has 2 heteroatoms. The summed E-state index contributed by atoms with van der Waals surface area (Å²) < 4.78 is 0. The van der Waals surface area contributed by atoms with Crippen molar-refractivity contribution in [3.05, 3.63) is 6.67 Å². The van der Waals surface area contributed by atoms with Gasteiger partial charge in [-0.25, -0.2) is 0 Å². The molecule has 0 saturated carbocycles. The lowest BCUT2D eigenvalue weighted by Crippen LogP contribution is -2.32. The maximum absolute atomic E-state index is 2.39. The fourth-order valence-corrected chi connectivity index (χ4v) is 1.36. The second kappa shape index (κ2) is 3.94. The SMILES string of the molecule is CN(C)[CH]N1CCCCC1. The fraction of sp³-hybridized carbons (Fsp3) is 0.875. The Labute approximate surface area is 63.8 Å². The zero-order valence-electron chi connectivity index (χ0n) is 7.01. The minimum absolute atomic E-state index is 1.25. The van der Waals surface area contributed by atoms with E-state index >= 15 is 0 Å². The molecule has 1 aliphatic rings. The van der Waals surface area contributed by atoms with Crippen molar-refractivity contribution in [2.75, 3.05) is 27.2 Å². The summed E-state index contributed by atoms with van der Waals surface area (Å²) in [6, 6.07) is 0. The van der Waals surface area contributed by atoms with Gasteiger partial charge in [-0.1, -0.05) is 6.42 Å². The van der Waals surface area contributed by atoms with Gasteiger partial charge >= 0.3 is 0 Å². The van der Waals surface area contributed by atoms with Crippen LogP contribution in [0.2, 0.25) is 0 Å². The van der Waals surface area contributed by atoms with E-state index in [-0.39, 0.29) is 0 Å². The molecule has 2 nitrogen and oxygen atoms in total. The van der Waals surface area contributed by atoms with Crippen LogP contribution in [0.4, 0.5) is 0 Å². The van der Waals surface area contributed by atoms with Gasteiger partial charge in [-0.15, -0.1) is 0 Å². The molecule has 59 valence electrons. The van der Waals surface area contributed by atoms with E-state index in [9.17, 15) is 0 Å². The third kappa shape index (κ3) is 2.67. The van der Waals surface area contributed by atoms with Crippen LogP contribution < -0.4 is 0 Å². The predicted octanol–water partition coefficient (Wildman–Crippen LogP) is 1.15. The molecule has 0 atom stereocenters. The van der Waals surface area contributed by atoms with Gasteiger partial charge in [0.05, 0.1) is 6.67 Å². The molecule has 1 aliphatic heterocycles. The lowest BCUT2D eigenvalue weighted by Gasteiger charge is -2.28. The molecule has 1 heterocycles. The van der Waals surface area contributed by atoms with Gasteiger partial charge in [0, 0.05) is 0 Å². The summed E-state index contributed by atoms with van der Waals surface area (Å²) in [5.74, 6) is 0. The molecule has 10 heavy (non-hydrogen) atoms. The van der Waals surface area contributed by atoms with Crippen LogP contribution in [0.15, 0.2) is 0 Å². The van der Waals surface area contributed by atoms with Crippen LogP contribution in [0.1, 0.15) is 19.3 Å². The van der Waals surface area contributed by atoms with E-state index in [0.29, 0.717) is 0 Å². The summed E-state index contributed by atoms with van der Waals surface area (Å²) >= 11 is 0. The molecule has 0 unspecified atom stereocenters. The molecule has 1 fully saturated rings. The Morgan fingerprint density at radius 3 is 2.20 bits per heavy atom. The standard InChI is InChI=1S/C8H17N2/c1-9(2)8-10-6-4-3-5-7-10/h8H,3-7H2,1-2H3. The molecule has 1 rings (SSSR count). The van der Waals surface area contributed by atoms with Gasteiger partial charge in [0.25, 0.3) is 0 Å². The first-order valence-corrected chi connectivity index (χ1v) is 4.04. The Kier molecular flexibility index (Phi) is 3.16. The average Bonchev–Trinajstić information content (AvgIpc) is 1.88. The van der Waals surface area contributed by atoms with Crippen LogP contribution in [-0.4, -0.2) is 37.0 Å². The van der Waals surface area contributed by atoms with E-state index in [1.165, 1.54) is 32.4 Å². The van der Waals surface area contributed by atoms with Crippen molar-refractivity contribution in [2.45, 2.75) is 19.3 Å². The quantitative estimate of drug-likeness (QED) is 0.569. The number of rotatable bonds is 2. The molecule has 0 amide bonds. The molecule has 0 bridgehead atoms. The minimum atomic E-state index is 1.25. The summed E-state index contributed by atoms with van der Waals surface area (Å²) in [4.78, 5) is 4.51. The molecular formula is C8H17N2. The molecule has 0 aromatic rings. The van der Waals surface area contributed by atoms with E-state index in [4.69, 9.17) is 0 Å². The lowest BCUT2D eigenvalue weighted by atomic mass is 10.1. The van der Waals surface area contributed by atoms with Crippen LogP contribution in [0.3, 0.4) is 0 Å². The fourth-order valence-electron chi connectivity index (χ4n) is 1.36. The second-order valence-corrected chi connectivity index (χ2v) is 3.18. The van der Waals surface area contributed by atoms with Crippen molar-refractivity contribution >= 4 is 0 Å². The maximum atomic E-state index is 2.39. The van der Waals surface area contributed by atoms with Gasteiger partial charge in [0.2, 0.25) is 0 Å². The van der Waals surface area contributed by atoms with Gasteiger partial charge < -0.3 is 0 Å². The van der Waals surface area contributed by atoms with Crippen LogP contribution in [0.25, 0.3) is 0 Å². The zero-order chi connectivity index (χ0) is 7.40. The second-order valence-electron chi connectivity index (χ2n) is 3.18. The first-order chi connectivity index (χ1) is 4.79. The van der Waals surface area contributed by atoms with Crippen molar-refractivity contribution < 1.29 is 0 Å². The van der Waals surface area contributed by atoms with Crippen molar-refractivity contribution in [2.24, 2.45) is 0 Å². The Hall–Kier alpha value is -0.0800. The van der Waals surface area contributed by atoms with Crippen molar-refractivity contribution in [1.29, 1.82) is 0 Å². The van der Waals surface area contributed by atoms with E-state index < -0.39 is 0 Å². The van der Waals surface area contributed by atoms with Gasteiger partial charge in [-0.3, -0.25) is 9.80 Å². The molecule has 1 radical (unpaired) electrons. The molecular weight excluding hydrogens is 124 g/mol. The summed E-state index contributed by atoms with van der Waals surface area (Å²) in [7, 11) is 4.16. The lowest BCUT2D eigenvalue weighted by molar-refractivity contribution is 0.211. The van der Waals surface area contributed by atoms with Gasteiger partial charge in [0.15, 0.2) is 0 Å². The molecule has 1 saturated heterocycles. The number of hydrogen-bond donors (Lipinski definition) is 0. The van der Waals surface area contributed by atoms with Crippen molar-refractivity contribution in [1.82, 2.24) is 9.80 Å². The van der Waals surface area contributed by atoms with Gasteiger partial charge in [0.1, 0.15) is 0 Å². The topological polar surface area (TPSA) is 6.48 Å². The Bertz CT molecular complexity index is 85.3. The zero-order valence-corrected chi connectivity index (χ0v) is 7.01. The smallest absolute Gasteiger partial charge is 0.0916 e. The molecule has 0 N–H and O–H groups in total. The van der Waals surface area contributed by atoms with Crippen LogP contribution >= 0.6 is 0 Å². The van der Waals surface area contributed by atoms with E-state index in [2.05, 4.69) is 30.6 Å². The average molecular weight is 141 g/mol. The summed E-state index contributed by atoms with van der Waals surface area (Å²) in [5, 5.41) is 0. The van der Waals surface area contributed by atoms with E-state index in [1.807, 2.05) is 0 Å². The van der Waals surface area contributed by atoms with Gasteiger partial charge in [-0.2, -0.15) is 0 Å². The molecule has 0 aromatic heterocycles. The summed E-state index contributed by atoms with van der Waals surface area (Å²) in [6.45, 7) is 4.69.